The molecule has 2 aromatic rings. The first-order valence-corrected chi connectivity index (χ1v) is 7.16. The number of pyridine rings is 1. The average Bonchev–Trinajstić information content (AvgIpc) is 3.11. The standard InChI is InChI=1S/C15H20N4O/c16-14-5-6-17-9-13(14)15-10-18-11-19(15)7-8-20-12-3-1-2-4-12/h5-6,9-12H,1-4,7-8H2,(H2,16,17). The Morgan fingerprint density at radius 2 is 2.10 bits per heavy atom. The second kappa shape index (κ2) is 6.05. The summed E-state index contributed by atoms with van der Waals surface area (Å²) >= 11 is 0. The molecule has 1 fully saturated rings. The number of hydrogen-bond donors (Lipinski definition) is 1. The van der Waals surface area contributed by atoms with Gasteiger partial charge in [-0.3, -0.25) is 4.98 Å². The fourth-order valence-corrected chi connectivity index (χ4v) is 2.72. The van der Waals surface area contributed by atoms with Crippen LogP contribution in [-0.2, 0) is 11.3 Å². The van der Waals surface area contributed by atoms with Crippen LogP contribution in [-0.4, -0.2) is 27.2 Å². The second-order valence-electron chi connectivity index (χ2n) is 5.21. The van der Waals surface area contributed by atoms with Crippen molar-refractivity contribution in [1.29, 1.82) is 0 Å². The summed E-state index contributed by atoms with van der Waals surface area (Å²) in [5.41, 5.74) is 8.63. The van der Waals surface area contributed by atoms with E-state index in [2.05, 4.69) is 14.5 Å². The molecule has 5 heteroatoms. The molecule has 1 aliphatic rings. The molecule has 0 spiro atoms. The minimum atomic E-state index is 0.449. The van der Waals surface area contributed by atoms with E-state index in [1.807, 2.05) is 18.6 Å². The van der Waals surface area contributed by atoms with Gasteiger partial charge in [0, 0.05) is 30.2 Å². The van der Waals surface area contributed by atoms with Crippen LogP contribution in [0.25, 0.3) is 11.3 Å². The summed E-state index contributed by atoms with van der Waals surface area (Å²) in [7, 11) is 0. The largest absolute Gasteiger partial charge is 0.398 e. The molecule has 0 bridgehead atoms. The molecule has 0 unspecified atom stereocenters. The molecule has 2 heterocycles. The molecule has 106 valence electrons. The van der Waals surface area contributed by atoms with E-state index in [-0.39, 0.29) is 0 Å². The Bertz CT molecular complexity index is 561. The van der Waals surface area contributed by atoms with E-state index in [1.54, 1.807) is 12.4 Å². The molecule has 3 rings (SSSR count). The zero-order chi connectivity index (χ0) is 13.8. The Hall–Kier alpha value is -1.88. The smallest absolute Gasteiger partial charge is 0.0951 e. The molecular formula is C15H20N4O. The van der Waals surface area contributed by atoms with Crippen molar-refractivity contribution in [3.05, 3.63) is 31.0 Å². The highest BCUT2D eigenvalue weighted by molar-refractivity contribution is 5.72. The summed E-state index contributed by atoms with van der Waals surface area (Å²) in [4.78, 5) is 8.35. The van der Waals surface area contributed by atoms with Gasteiger partial charge < -0.3 is 15.0 Å². The van der Waals surface area contributed by atoms with E-state index < -0.39 is 0 Å². The minimum Gasteiger partial charge on any atom is -0.398 e. The van der Waals surface area contributed by atoms with Gasteiger partial charge in [-0.1, -0.05) is 12.8 Å². The van der Waals surface area contributed by atoms with Crippen molar-refractivity contribution in [2.45, 2.75) is 38.3 Å². The van der Waals surface area contributed by atoms with Crippen LogP contribution in [0.4, 0.5) is 5.69 Å². The highest BCUT2D eigenvalue weighted by Gasteiger charge is 2.15. The SMILES string of the molecule is Nc1ccncc1-c1cncn1CCOC1CCCC1. The zero-order valence-corrected chi connectivity index (χ0v) is 11.5. The van der Waals surface area contributed by atoms with Gasteiger partial charge in [0.15, 0.2) is 0 Å². The Labute approximate surface area is 118 Å². The van der Waals surface area contributed by atoms with Gasteiger partial charge in [0.05, 0.1) is 30.9 Å². The van der Waals surface area contributed by atoms with Crippen LogP contribution >= 0.6 is 0 Å². The van der Waals surface area contributed by atoms with Crippen LogP contribution < -0.4 is 5.73 Å². The van der Waals surface area contributed by atoms with Crippen LogP contribution in [0.2, 0.25) is 0 Å². The molecule has 0 aromatic carbocycles. The Morgan fingerprint density at radius 3 is 2.90 bits per heavy atom. The summed E-state index contributed by atoms with van der Waals surface area (Å²) in [6, 6.07) is 1.81. The minimum absolute atomic E-state index is 0.449. The van der Waals surface area contributed by atoms with Crippen LogP contribution in [0.1, 0.15) is 25.7 Å². The van der Waals surface area contributed by atoms with E-state index in [1.165, 1.54) is 25.7 Å². The Balaban J connectivity index is 1.66. The number of aromatic nitrogens is 3. The number of hydrogen-bond acceptors (Lipinski definition) is 4. The first-order chi connectivity index (χ1) is 9.84. The lowest BCUT2D eigenvalue weighted by Gasteiger charge is -2.13. The third-order valence-corrected chi connectivity index (χ3v) is 3.83. The summed E-state index contributed by atoms with van der Waals surface area (Å²) in [6.45, 7) is 1.51. The number of nitrogens with zero attached hydrogens (tertiary/aromatic N) is 3. The van der Waals surface area contributed by atoms with Gasteiger partial charge in [-0.2, -0.15) is 0 Å². The maximum absolute atomic E-state index is 6.00. The number of nitrogens with two attached hydrogens (primary N) is 1. The summed E-state index contributed by atoms with van der Waals surface area (Å²) < 4.78 is 7.97. The van der Waals surface area contributed by atoms with E-state index in [0.29, 0.717) is 12.7 Å². The molecule has 0 radical (unpaired) electrons. The predicted molar refractivity (Wildman–Crippen MR) is 78.1 cm³/mol. The van der Waals surface area contributed by atoms with Crippen LogP contribution in [0.3, 0.4) is 0 Å². The lowest BCUT2D eigenvalue weighted by Crippen LogP contribution is -2.13. The average molecular weight is 272 g/mol. The molecule has 0 amide bonds. The number of nitrogen functional groups attached to an aromatic ring is 1. The van der Waals surface area contributed by atoms with Gasteiger partial charge in [0.2, 0.25) is 0 Å². The van der Waals surface area contributed by atoms with Crippen molar-refractivity contribution >= 4 is 5.69 Å². The van der Waals surface area contributed by atoms with Crippen molar-refractivity contribution in [1.82, 2.24) is 14.5 Å². The third-order valence-electron chi connectivity index (χ3n) is 3.83. The van der Waals surface area contributed by atoms with E-state index in [4.69, 9.17) is 10.5 Å². The molecule has 0 aliphatic heterocycles. The summed E-state index contributed by atoms with van der Waals surface area (Å²) in [5.74, 6) is 0. The molecular weight excluding hydrogens is 252 g/mol. The third kappa shape index (κ3) is 2.82. The molecule has 2 N–H and O–H groups in total. The maximum Gasteiger partial charge on any atom is 0.0951 e. The highest BCUT2D eigenvalue weighted by atomic mass is 16.5. The molecule has 0 saturated heterocycles. The first-order valence-electron chi connectivity index (χ1n) is 7.16. The van der Waals surface area contributed by atoms with Crippen molar-refractivity contribution in [2.24, 2.45) is 0 Å². The second-order valence-corrected chi connectivity index (χ2v) is 5.21. The predicted octanol–water partition coefficient (Wildman–Crippen LogP) is 2.49. The van der Waals surface area contributed by atoms with Gasteiger partial charge >= 0.3 is 0 Å². The lowest BCUT2D eigenvalue weighted by atomic mass is 10.2. The molecule has 20 heavy (non-hydrogen) atoms. The number of rotatable bonds is 5. The number of ether oxygens (including phenoxy) is 1. The van der Waals surface area contributed by atoms with E-state index >= 15 is 0 Å². The quantitative estimate of drug-likeness (QED) is 0.908. The van der Waals surface area contributed by atoms with E-state index in [0.717, 1.165) is 23.5 Å². The molecule has 1 saturated carbocycles. The fraction of sp³-hybridized carbons (Fsp3) is 0.467. The Kier molecular flexibility index (Phi) is 3.97. The van der Waals surface area contributed by atoms with Gasteiger partial charge in [-0.25, -0.2) is 4.98 Å². The van der Waals surface area contributed by atoms with Gasteiger partial charge in [0.25, 0.3) is 0 Å². The Morgan fingerprint density at radius 1 is 1.25 bits per heavy atom. The van der Waals surface area contributed by atoms with Gasteiger partial charge in [-0.15, -0.1) is 0 Å². The number of imidazole rings is 1. The lowest BCUT2D eigenvalue weighted by molar-refractivity contribution is 0.0531. The van der Waals surface area contributed by atoms with Gasteiger partial charge in [0.1, 0.15) is 0 Å². The molecule has 2 aromatic heterocycles. The first kappa shape index (κ1) is 13.1. The normalized spacial score (nSPS) is 15.8. The van der Waals surface area contributed by atoms with Gasteiger partial charge in [-0.05, 0) is 18.9 Å². The summed E-state index contributed by atoms with van der Waals surface area (Å²) in [5, 5.41) is 0. The van der Waals surface area contributed by atoms with Crippen LogP contribution in [0.5, 0.6) is 0 Å². The van der Waals surface area contributed by atoms with Crippen molar-refractivity contribution in [3.8, 4) is 11.3 Å². The van der Waals surface area contributed by atoms with E-state index in [9.17, 15) is 0 Å². The van der Waals surface area contributed by atoms with Crippen LogP contribution in [0.15, 0.2) is 31.0 Å². The molecule has 0 atom stereocenters. The number of anilines is 1. The van der Waals surface area contributed by atoms with Crippen LogP contribution in [0, 0.1) is 0 Å². The van der Waals surface area contributed by atoms with Crippen molar-refractivity contribution < 1.29 is 4.74 Å². The zero-order valence-electron chi connectivity index (χ0n) is 11.5. The van der Waals surface area contributed by atoms with Crippen molar-refractivity contribution in [2.75, 3.05) is 12.3 Å². The fourth-order valence-electron chi connectivity index (χ4n) is 2.72. The topological polar surface area (TPSA) is 66.0 Å². The molecule has 5 nitrogen and oxygen atoms in total. The summed E-state index contributed by atoms with van der Waals surface area (Å²) in [6.07, 6.45) is 12.6. The monoisotopic (exact) mass is 272 g/mol. The maximum atomic E-state index is 6.00. The molecule has 1 aliphatic carbocycles. The van der Waals surface area contributed by atoms with Crippen molar-refractivity contribution in [3.63, 3.8) is 0 Å². The highest BCUT2D eigenvalue weighted by Crippen LogP contribution is 2.24.